The number of H-pyrrole nitrogens is 1. The second kappa shape index (κ2) is 5.57. The molecule has 2 unspecified atom stereocenters. The SMILES string of the molecule is O=S(=O)(NC1CCCCC1O)c1c[nH]c2nccc(Cl)c12. The quantitative estimate of drug-likeness (QED) is 0.800. The molecule has 2 aromatic rings. The molecule has 6 nitrogen and oxygen atoms in total. The number of aliphatic hydroxyl groups is 1. The van der Waals surface area contributed by atoms with Gasteiger partial charge >= 0.3 is 0 Å². The van der Waals surface area contributed by atoms with E-state index < -0.39 is 22.2 Å². The van der Waals surface area contributed by atoms with Gasteiger partial charge in [0.05, 0.1) is 16.5 Å². The molecule has 1 aliphatic rings. The van der Waals surface area contributed by atoms with Crippen LogP contribution in [-0.4, -0.2) is 35.6 Å². The zero-order chi connectivity index (χ0) is 15.0. The van der Waals surface area contributed by atoms with E-state index in [1.807, 2.05) is 0 Å². The van der Waals surface area contributed by atoms with E-state index in [0.717, 1.165) is 12.8 Å². The van der Waals surface area contributed by atoms with E-state index in [1.165, 1.54) is 12.4 Å². The van der Waals surface area contributed by atoms with Gasteiger partial charge in [-0.05, 0) is 18.9 Å². The number of sulfonamides is 1. The number of pyridine rings is 1. The molecule has 2 aromatic heterocycles. The van der Waals surface area contributed by atoms with Crippen LogP contribution in [0.25, 0.3) is 11.0 Å². The van der Waals surface area contributed by atoms with Gasteiger partial charge in [0.15, 0.2) is 0 Å². The minimum absolute atomic E-state index is 0.0633. The Morgan fingerprint density at radius 2 is 2.14 bits per heavy atom. The van der Waals surface area contributed by atoms with Crippen molar-refractivity contribution in [3.05, 3.63) is 23.5 Å². The van der Waals surface area contributed by atoms with Crippen molar-refractivity contribution in [1.29, 1.82) is 0 Å². The lowest BCUT2D eigenvalue weighted by Gasteiger charge is -2.27. The second-order valence-corrected chi connectivity index (χ2v) is 7.34. The molecule has 3 N–H and O–H groups in total. The summed E-state index contributed by atoms with van der Waals surface area (Å²) in [7, 11) is -3.76. The maximum atomic E-state index is 12.5. The summed E-state index contributed by atoms with van der Waals surface area (Å²) in [6.45, 7) is 0. The molecule has 1 saturated carbocycles. The van der Waals surface area contributed by atoms with Crippen LogP contribution in [0.5, 0.6) is 0 Å². The molecule has 114 valence electrons. The molecule has 0 radical (unpaired) electrons. The van der Waals surface area contributed by atoms with Gasteiger partial charge in [-0.3, -0.25) is 0 Å². The largest absolute Gasteiger partial charge is 0.391 e. The third-order valence-electron chi connectivity index (χ3n) is 3.81. The number of aromatic nitrogens is 2. The number of halogens is 1. The average molecular weight is 330 g/mol. The summed E-state index contributed by atoms with van der Waals surface area (Å²) in [5.41, 5.74) is 0.423. The lowest BCUT2D eigenvalue weighted by molar-refractivity contribution is 0.101. The maximum absolute atomic E-state index is 12.5. The predicted octanol–water partition coefficient (Wildman–Crippen LogP) is 1.80. The standard InChI is InChI=1S/C13H16ClN3O3S/c14-8-5-6-15-13-12(8)11(7-16-13)21(19,20)17-9-3-1-2-4-10(9)18/h5-7,9-10,17-18H,1-4H2,(H,15,16). The lowest BCUT2D eigenvalue weighted by Crippen LogP contribution is -2.44. The number of nitrogens with zero attached hydrogens (tertiary/aromatic N) is 1. The Labute approximate surface area is 127 Å². The summed E-state index contributed by atoms with van der Waals surface area (Å²) in [6.07, 6.45) is 5.31. The van der Waals surface area contributed by atoms with Crippen LogP contribution in [0, 0.1) is 0 Å². The molecule has 2 atom stereocenters. The number of hydrogen-bond donors (Lipinski definition) is 3. The van der Waals surface area contributed by atoms with Crippen molar-refractivity contribution >= 4 is 32.7 Å². The third-order valence-corrected chi connectivity index (χ3v) is 5.64. The van der Waals surface area contributed by atoms with Crippen LogP contribution in [-0.2, 0) is 10.0 Å². The first kappa shape index (κ1) is 14.8. The average Bonchev–Trinajstić information content (AvgIpc) is 2.87. The van der Waals surface area contributed by atoms with Gasteiger partial charge in [0.1, 0.15) is 10.5 Å². The molecule has 2 heterocycles. The summed E-state index contributed by atoms with van der Waals surface area (Å²) >= 11 is 6.08. The van der Waals surface area contributed by atoms with E-state index in [0.29, 0.717) is 28.9 Å². The van der Waals surface area contributed by atoms with E-state index in [4.69, 9.17) is 11.6 Å². The van der Waals surface area contributed by atoms with Crippen LogP contribution < -0.4 is 4.72 Å². The van der Waals surface area contributed by atoms with Crippen LogP contribution in [0.15, 0.2) is 23.4 Å². The first-order valence-corrected chi connectivity index (χ1v) is 8.67. The summed E-state index contributed by atoms with van der Waals surface area (Å²) in [5, 5.41) is 10.6. The molecule has 0 saturated heterocycles. The van der Waals surface area contributed by atoms with Gasteiger partial charge in [0.2, 0.25) is 10.0 Å². The molecular weight excluding hydrogens is 314 g/mol. The van der Waals surface area contributed by atoms with Gasteiger partial charge in [-0.25, -0.2) is 18.1 Å². The molecule has 0 amide bonds. The highest BCUT2D eigenvalue weighted by atomic mass is 35.5. The highest BCUT2D eigenvalue weighted by Crippen LogP contribution is 2.29. The summed E-state index contributed by atoms with van der Waals surface area (Å²) in [6, 6.07) is 1.09. The third kappa shape index (κ3) is 2.78. The molecular formula is C13H16ClN3O3S. The molecule has 1 aliphatic carbocycles. The van der Waals surface area contributed by atoms with E-state index in [2.05, 4.69) is 14.7 Å². The lowest BCUT2D eigenvalue weighted by atomic mass is 9.93. The minimum atomic E-state index is -3.76. The highest BCUT2D eigenvalue weighted by Gasteiger charge is 2.30. The first-order valence-electron chi connectivity index (χ1n) is 6.81. The summed E-state index contributed by atoms with van der Waals surface area (Å²) in [5.74, 6) is 0. The first-order chi connectivity index (χ1) is 9.99. The van der Waals surface area contributed by atoms with Gasteiger partial charge in [0, 0.05) is 18.4 Å². The Kier molecular flexibility index (Phi) is 3.92. The van der Waals surface area contributed by atoms with E-state index >= 15 is 0 Å². The number of rotatable bonds is 3. The summed E-state index contributed by atoms with van der Waals surface area (Å²) in [4.78, 5) is 6.93. The molecule has 0 aromatic carbocycles. The fourth-order valence-corrected chi connectivity index (χ4v) is 4.51. The van der Waals surface area contributed by atoms with Crippen molar-refractivity contribution in [2.24, 2.45) is 0 Å². The van der Waals surface area contributed by atoms with Crippen LogP contribution in [0.4, 0.5) is 0 Å². The normalized spacial score (nSPS) is 23.5. The zero-order valence-corrected chi connectivity index (χ0v) is 12.8. The van der Waals surface area contributed by atoms with Crippen molar-refractivity contribution in [2.75, 3.05) is 0 Å². The maximum Gasteiger partial charge on any atom is 0.243 e. The van der Waals surface area contributed by atoms with E-state index in [1.54, 1.807) is 6.07 Å². The van der Waals surface area contributed by atoms with Crippen molar-refractivity contribution in [2.45, 2.75) is 42.7 Å². The molecule has 3 rings (SSSR count). The number of hydrogen-bond acceptors (Lipinski definition) is 4. The van der Waals surface area contributed by atoms with Gasteiger partial charge in [-0.1, -0.05) is 24.4 Å². The highest BCUT2D eigenvalue weighted by molar-refractivity contribution is 7.89. The topological polar surface area (TPSA) is 95.1 Å². The Balaban J connectivity index is 1.97. The Morgan fingerprint density at radius 1 is 1.38 bits per heavy atom. The van der Waals surface area contributed by atoms with Crippen LogP contribution in [0.3, 0.4) is 0 Å². The van der Waals surface area contributed by atoms with Crippen molar-refractivity contribution in [3.63, 3.8) is 0 Å². The Morgan fingerprint density at radius 3 is 2.90 bits per heavy atom. The van der Waals surface area contributed by atoms with Crippen molar-refractivity contribution in [1.82, 2.24) is 14.7 Å². The molecule has 0 aliphatic heterocycles. The van der Waals surface area contributed by atoms with Crippen LogP contribution in [0.2, 0.25) is 5.02 Å². The number of aromatic amines is 1. The van der Waals surface area contributed by atoms with Crippen molar-refractivity contribution < 1.29 is 13.5 Å². The monoisotopic (exact) mass is 329 g/mol. The van der Waals surface area contributed by atoms with Gasteiger partial charge < -0.3 is 10.1 Å². The molecule has 0 spiro atoms. The van der Waals surface area contributed by atoms with Gasteiger partial charge in [-0.15, -0.1) is 0 Å². The smallest absolute Gasteiger partial charge is 0.243 e. The Bertz CT molecular complexity index is 759. The molecule has 8 heteroatoms. The van der Waals surface area contributed by atoms with E-state index in [9.17, 15) is 13.5 Å². The number of aliphatic hydroxyl groups excluding tert-OH is 1. The Hall–Kier alpha value is -1.15. The predicted molar refractivity (Wildman–Crippen MR) is 79.7 cm³/mol. The van der Waals surface area contributed by atoms with Crippen molar-refractivity contribution in [3.8, 4) is 0 Å². The molecule has 21 heavy (non-hydrogen) atoms. The summed E-state index contributed by atoms with van der Waals surface area (Å²) < 4.78 is 27.7. The number of fused-ring (bicyclic) bond motifs is 1. The molecule has 1 fully saturated rings. The fraction of sp³-hybridized carbons (Fsp3) is 0.462. The number of nitrogens with one attached hydrogen (secondary N) is 2. The fourth-order valence-electron chi connectivity index (χ4n) is 2.71. The van der Waals surface area contributed by atoms with Crippen LogP contribution in [0.1, 0.15) is 25.7 Å². The van der Waals surface area contributed by atoms with E-state index in [-0.39, 0.29) is 4.90 Å². The van der Waals surface area contributed by atoms with Gasteiger partial charge in [-0.2, -0.15) is 0 Å². The zero-order valence-electron chi connectivity index (χ0n) is 11.2. The minimum Gasteiger partial charge on any atom is -0.391 e. The van der Waals surface area contributed by atoms with Crippen LogP contribution >= 0.6 is 11.6 Å². The second-order valence-electron chi connectivity index (χ2n) is 5.25. The van der Waals surface area contributed by atoms with Gasteiger partial charge in [0.25, 0.3) is 0 Å². The molecule has 0 bridgehead atoms.